The van der Waals surface area contributed by atoms with E-state index >= 15 is 0 Å². The zero-order valence-electron chi connectivity index (χ0n) is 14.2. The molecular formula is C17H20N4O3S. The number of benzene rings is 1. The van der Waals surface area contributed by atoms with Gasteiger partial charge in [-0.25, -0.2) is 18.4 Å². The van der Waals surface area contributed by atoms with Crippen molar-refractivity contribution >= 4 is 21.9 Å². The van der Waals surface area contributed by atoms with Crippen molar-refractivity contribution in [1.82, 2.24) is 14.3 Å². The fourth-order valence-electron chi connectivity index (χ4n) is 2.81. The number of aryl methyl sites for hydroxylation is 2. The second-order valence-corrected chi connectivity index (χ2v) is 8.00. The molecule has 1 aromatic carbocycles. The predicted molar refractivity (Wildman–Crippen MR) is 93.9 cm³/mol. The lowest BCUT2D eigenvalue weighted by Gasteiger charge is -2.15. The molecule has 0 bridgehead atoms. The third-order valence-corrected chi connectivity index (χ3v) is 5.94. The minimum atomic E-state index is -3.47. The van der Waals surface area contributed by atoms with Crippen LogP contribution in [0.5, 0.6) is 0 Å². The van der Waals surface area contributed by atoms with Crippen molar-refractivity contribution in [1.29, 1.82) is 0 Å². The zero-order valence-corrected chi connectivity index (χ0v) is 15.0. The molecule has 1 aromatic heterocycles. The van der Waals surface area contributed by atoms with E-state index in [0.717, 1.165) is 24.2 Å². The number of nitrogens with zero attached hydrogens (tertiary/aromatic N) is 3. The van der Waals surface area contributed by atoms with Crippen LogP contribution in [-0.2, 0) is 10.0 Å². The van der Waals surface area contributed by atoms with Gasteiger partial charge in [-0.15, -0.1) is 0 Å². The number of amides is 1. The molecule has 1 aliphatic rings. The van der Waals surface area contributed by atoms with E-state index in [2.05, 4.69) is 15.3 Å². The summed E-state index contributed by atoms with van der Waals surface area (Å²) in [6.45, 7) is 4.74. The highest BCUT2D eigenvalue weighted by molar-refractivity contribution is 7.89. The van der Waals surface area contributed by atoms with Crippen LogP contribution in [0.1, 0.15) is 34.6 Å². The lowest BCUT2D eigenvalue weighted by molar-refractivity contribution is 0.102. The topological polar surface area (TPSA) is 92.3 Å². The van der Waals surface area contributed by atoms with Crippen LogP contribution in [0.2, 0.25) is 0 Å². The van der Waals surface area contributed by atoms with E-state index in [1.165, 1.54) is 28.6 Å². The fourth-order valence-corrected chi connectivity index (χ4v) is 4.33. The molecule has 1 amide bonds. The van der Waals surface area contributed by atoms with Gasteiger partial charge in [0.05, 0.1) is 4.90 Å². The first-order chi connectivity index (χ1) is 11.9. The molecule has 132 valence electrons. The molecule has 0 unspecified atom stereocenters. The first kappa shape index (κ1) is 17.5. The Bertz CT molecular complexity index is 868. The molecule has 2 aromatic rings. The summed E-state index contributed by atoms with van der Waals surface area (Å²) in [5.41, 5.74) is 1.87. The normalized spacial score (nSPS) is 15.3. The summed E-state index contributed by atoms with van der Waals surface area (Å²) in [7, 11) is -3.47. The number of sulfonamides is 1. The van der Waals surface area contributed by atoms with Gasteiger partial charge < -0.3 is 0 Å². The van der Waals surface area contributed by atoms with E-state index in [4.69, 9.17) is 0 Å². The van der Waals surface area contributed by atoms with E-state index in [-0.39, 0.29) is 16.8 Å². The third-order valence-electron chi connectivity index (χ3n) is 4.03. The molecule has 1 aliphatic heterocycles. The van der Waals surface area contributed by atoms with Gasteiger partial charge in [-0.1, -0.05) is 0 Å². The molecule has 1 fully saturated rings. The van der Waals surface area contributed by atoms with Crippen LogP contribution < -0.4 is 5.32 Å². The van der Waals surface area contributed by atoms with Crippen LogP contribution in [-0.4, -0.2) is 41.7 Å². The number of carbonyl (C=O) groups is 1. The second-order valence-electron chi connectivity index (χ2n) is 6.06. The minimum Gasteiger partial charge on any atom is -0.290 e. The van der Waals surface area contributed by atoms with Crippen LogP contribution in [0.25, 0.3) is 0 Å². The van der Waals surface area contributed by atoms with E-state index < -0.39 is 10.0 Å². The van der Waals surface area contributed by atoms with E-state index in [1.807, 2.05) is 19.9 Å². The maximum atomic E-state index is 12.5. The largest absolute Gasteiger partial charge is 0.290 e. The van der Waals surface area contributed by atoms with Gasteiger partial charge in [0.25, 0.3) is 5.91 Å². The Balaban J connectivity index is 1.76. The summed E-state index contributed by atoms with van der Waals surface area (Å²) in [5, 5.41) is 2.63. The predicted octanol–water partition coefficient (Wildman–Crippen LogP) is 2.13. The molecule has 0 spiro atoms. The Morgan fingerprint density at radius 1 is 1.04 bits per heavy atom. The molecule has 1 N–H and O–H groups in total. The Hall–Kier alpha value is -2.32. The highest BCUT2D eigenvalue weighted by Crippen LogP contribution is 2.21. The Kier molecular flexibility index (Phi) is 4.82. The van der Waals surface area contributed by atoms with Crippen molar-refractivity contribution in [2.45, 2.75) is 31.6 Å². The third kappa shape index (κ3) is 3.85. The Morgan fingerprint density at radius 3 is 2.16 bits per heavy atom. The molecule has 0 saturated carbocycles. The van der Waals surface area contributed by atoms with Crippen LogP contribution >= 0.6 is 0 Å². The minimum absolute atomic E-state index is 0.202. The highest BCUT2D eigenvalue weighted by Gasteiger charge is 2.27. The van der Waals surface area contributed by atoms with Gasteiger partial charge in [-0.3, -0.25) is 10.1 Å². The highest BCUT2D eigenvalue weighted by atomic mass is 32.2. The smallest absolute Gasteiger partial charge is 0.258 e. The van der Waals surface area contributed by atoms with Crippen molar-refractivity contribution in [3.63, 3.8) is 0 Å². The SMILES string of the molecule is Cc1cc(C)nc(NC(=O)c2ccc(S(=O)(=O)N3CCCC3)cc2)n1. The summed E-state index contributed by atoms with van der Waals surface area (Å²) in [5.74, 6) is -0.147. The van der Waals surface area contributed by atoms with Crippen LogP contribution in [0.15, 0.2) is 35.2 Å². The van der Waals surface area contributed by atoms with Gasteiger partial charge >= 0.3 is 0 Å². The van der Waals surface area contributed by atoms with E-state index in [9.17, 15) is 13.2 Å². The molecule has 0 radical (unpaired) electrons. The summed E-state index contributed by atoms with van der Waals surface area (Å²) < 4.78 is 26.5. The molecule has 8 heteroatoms. The Morgan fingerprint density at radius 2 is 1.60 bits per heavy atom. The monoisotopic (exact) mass is 360 g/mol. The lowest BCUT2D eigenvalue weighted by Crippen LogP contribution is -2.27. The number of anilines is 1. The molecule has 25 heavy (non-hydrogen) atoms. The quantitative estimate of drug-likeness (QED) is 0.902. The number of carbonyl (C=O) groups excluding carboxylic acids is 1. The summed E-state index contributed by atoms with van der Waals surface area (Å²) >= 11 is 0. The van der Waals surface area contributed by atoms with Gasteiger partial charge in [0.15, 0.2) is 0 Å². The molecular weight excluding hydrogens is 340 g/mol. The van der Waals surface area contributed by atoms with E-state index in [1.54, 1.807) is 0 Å². The van der Waals surface area contributed by atoms with Gasteiger partial charge in [0.1, 0.15) is 0 Å². The summed E-state index contributed by atoms with van der Waals surface area (Å²) in [6.07, 6.45) is 1.77. The van der Waals surface area contributed by atoms with Gasteiger partial charge in [-0.2, -0.15) is 4.31 Å². The van der Waals surface area contributed by atoms with Crippen LogP contribution in [0.4, 0.5) is 5.95 Å². The van der Waals surface area contributed by atoms with Crippen molar-refractivity contribution in [3.8, 4) is 0 Å². The number of nitrogens with one attached hydrogen (secondary N) is 1. The standard InChI is InChI=1S/C17H20N4O3S/c1-12-11-13(2)19-17(18-12)20-16(22)14-5-7-15(8-6-14)25(23,24)21-9-3-4-10-21/h5-8,11H,3-4,9-10H2,1-2H3,(H,18,19,20,22). The number of aromatic nitrogens is 2. The first-order valence-corrected chi connectivity index (χ1v) is 9.54. The Labute approximate surface area is 147 Å². The number of hydrogen-bond acceptors (Lipinski definition) is 5. The van der Waals surface area contributed by atoms with Crippen molar-refractivity contribution in [3.05, 3.63) is 47.3 Å². The van der Waals surface area contributed by atoms with Gasteiger partial charge in [0.2, 0.25) is 16.0 Å². The van der Waals surface area contributed by atoms with Crippen molar-refractivity contribution in [2.75, 3.05) is 18.4 Å². The maximum Gasteiger partial charge on any atom is 0.258 e. The molecule has 7 nitrogen and oxygen atoms in total. The molecule has 2 heterocycles. The van der Waals surface area contributed by atoms with E-state index in [0.29, 0.717) is 18.7 Å². The lowest BCUT2D eigenvalue weighted by atomic mass is 10.2. The number of hydrogen-bond donors (Lipinski definition) is 1. The van der Waals surface area contributed by atoms with Crippen LogP contribution in [0.3, 0.4) is 0 Å². The average molecular weight is 360 g/mol. The van der Waals surface area contributed by atoms with Crippen molar-refractivity contribution < 1.29 is 13.2 Å². The summed E-state index contributed by atoms with van der Waals surface area (Å²) in [6, 6.07) is 7.74. The first-order valence-electron chi connectivity index (χ1n) is 8.10. The summed E-state index contributed by atoms with van der Waals surface area (Å²) in [4.78, 5) is 20.8. The molecule has 3 rings (SSSR count). The number of rotatable bonds is 4. The second kappa shape index (κ2) is 6.89. The van der Waals surface area contributed by atoms with Crippen molar-refractivity contribution in [2.24, 2.45) is 0 Å². The maximum absolute atomic E-state index is 12.5. The molecule has 0 atom stereocenters. The fraction of sp³-hybridized carbons (Fsp3) is 0.353. The molecule has 1 saturated heterocycles. The molecule has 0 aliphatic carbocycles. The average Bonchev–Trinajstić information content (AvgIpc) is 3.09. The zero-order chi connectivity index (χ0) is 18.0. The van der Waals surface area contributed by atoms with Gasteiger partial charge in [-0.05, 0) is 57.0 Å². The van der Waals surface area contributed by atoms with Gasteiger partial charge in [0, 0.05) is 30.0 Å². The van der Waals surface area contributed by atoms with Crippen LogP contribution in [0, 0.1) is 13.8 Å².